The zero-order chi connectivity index (χ0) is 14.7. The van der Waals surface area contributed by atoms with Crippen LogP contribution in [0.15, 0.2) is 40.5 Å². The van der Waals surface area contributed by atoms with E-state index >= 15 is 0 Å². The van der Waals surface area contributed by atoms with E-state index in [9.17, 15) is 9.90 Å². The highest BCUT2D eigenvalue weighted by Gasteiger charge is 2.43. The van der Waals surface area contributed by atoms with Crippen LogP contribution in [0.5, 0.6) is 0 Å². The van der Waals surface area contributed by atoms with Gasteiger partial charge in [0.2, 0.25) is 5.91 Å². The van der Waals surface area contributed by atoms with Gasteiger partial charge in [0.15, 0.2) is 0 Å². The quantitative estimate of drug-likeness (QED) is 0.892. The highest BCUT2D eigenvalue weighted by molar-refractivity contribution is 7.10. The standard InChI is InChI=1S/C16H19NO3S/c18-13(12-5-8-20-11-12)10-17-15(19)16(6-1-2-7-16)14-4-3-9-21-14/h3-5,8-9,11,13,18H,1-2,6-7,10H2,(H,17,19)/t13-/m1/s1. The number of thiophene rings is 1. The van der Waals surface area contributed by atoms with Crippen LogP contribution in [0.3, 0.4) is 0 Å². The first-order chi connectivity index (χ1) is 10.2. The van der Waals surface area contributed by atoms with Crippen molar-refractivity contribution < 1.29 is 14.3 Å². The van der Waals surface area contributed by atoms with E-state index in [1.54, 1.807) is 17.4 Å². The van der Waals surface area contributed by atoms with Crippen LogP contribution in [-0.2, 0) is 10.2 Å². The maximum absolute atomic E-state index is 12.7. The lowest BCUT2D eigenvalue weighted by molar-refractivity contribution is -0.127. The first kappa shape index (κ1) is 14.4. The number of amides is 1. The Kier molecular flexibility index (Phi) is 4.12. The summed E-state index contributed by atoms with van der Waals surface area (Å²) in [5.74, 6) is 0.0324. The van der Waals surface area contributed by atoms with E-state index in [1.165, 1.54) is 12.5 Å². The van der Waals surface area contributed by atoms with Crippen molar-refractivity contribution >= 4 is 17.2 Å². The number of furan rings is 1. The highest BCUT2D eigenvalue weighted by atomic mass is 32.1. The van der Waals surface area contributed by atoms with E-state index < -0.39 is 11.5 Å². The van der Waals surface area contributed by atoms with Gasteiger partial charge in [0, 0.05) is 17.0 Å². The van der Waals surface area contributed by atoms with Gasteiger partial charge in [-0.2, -0.15) is 0 Å². The van der Waals surface area contributed by atoms with Crippen LogP contribution in [-0.4, -0.2) is 17.6 Å². The largest absolute Gasteiger partial charge is 0.472 e. The molecule has 1 saturated carbocycles. The molecule has 0 spiro atoms. The van der Waals surface area contributed by atoms with Gasteiger partial charge in [0.1, 0.15) is 0 Å². The van der Waals surface area contributed by atoms with Crippen LogP contribution in [0, 0.1) is 0 Å². The molecule has 21 heavy (non-hydrogen) atoms. The summed E-state index contributed by atoms with van der Waals surface area (Å²) < 4.78 is 4.95. The smallest absolute Gasteiger partial charge is 0.231 e. The molecule has 0 saturated heterocycles. The molecule has 112 valence electrons. The molecule has 4 nitrogen and oxygen atoms in total. The first-order valence-electron chi connectivity index (χ1n) is 7.25. The normalized spacial score (nSPS) is 18.5. The number of rotatable bonds is 5. The summed E-state index contributed by atoms with van der Waals surface area (Å²) in [5.41, 5.74) is 0.288. The highest BCUT2D eigenvalue weighted by Crippen LogP contribution is 2.43. The molecule has 0 aliphatic heterocycles. The fraction of sp³-hybridized carbons (Fsp3) is 0.438. The third kappa shape index (κ3) is 2.76. The Morgan fingerprint density at radius 1 is 1.43 bits per heavy atom. The van der Waals surface area contributed by atoms with Crippen LogP contribution in [0.1, 0.15) is 42.2 Å². The molecule has 1 aliphatic rings. The van der Waals surface area contributed by atoms with Gasteiger partial charge in [-0.3, -0.25) is 4.79 Å². The molecular weight excluding hydrogens is 286 g/mol. The topological polar surface area (TPSA) is 62.5 Å². The molecule has 1 atom stereocenters. The minimum atomic E-state index is -0.727. The van der Waals surface area contributed by atoms with Crippen molar-refractivity contribution in [1.82, 2.24) is 5.32 Å². The minimum Gasteiger partial charge on any atom is -0.472 e. The second-order valence-electron chi connectivity index (χ2n) is 5.55. The zero-order valence-electron chi connectivity index (χ0n) is 11.7. The number of hydrogen-bond acceptors (Lipinski definition) is 4. The molecule has 0 unspecified atom stereocenters. The Morgan fingerprint density at radius 3 is 2.86 bits per heavy atom. The number of aliphatic hydroxyl groups excluding tert-OH is 1. The SMILES string of the molecule is O=C(NC[C@@H](O)c1ccoc1)C1(c2cccs2)CCCC1. The van der Waals surface area contributed by atoms with Crippen LogP contribution < -0.4 is 5.32 Å². The molecule has 1 amide bonds. The Bertz CT molecular complexity index is 571. The van der Waals surface area contributed by atoms with Crippen LogP contribution in [0.4, 0.5) is 0 Å². The average Bonchev–Trinajstić information content (AvgIpc) is 3.26. The number of hydrogen-bond donors (Lipinski definition) is 2. The second-order valence-corrected chi connectivity index (χ2v) is 6.50. The maximum Gasteiger partial charge on any atom is 0.231 e. The second kappa shape index (κ2) is 6.03. The van der Waals surface area contributed by atoms with Gasteiger partial charge in [0.25, 0.3) is 0 Å². The predicted octanol–water partition coefficient (Wildman–Crippen LogP) is 3.00. The summed E-state index contributed by atoms with van der Waals surface area (Å²) in [6.45, 7) is 0.214. The molecule has 0 bridgehead atoms. The third-order valence-corrected chi connectivity index (χ3v) is 5.34. The maximum atomic E-state index is 12.7. The van der Waals surface area contributed by atoms with E-state index in [4.69, 9.17) is 4.42 Å². The van der Waals surface area contributed by atoms with Crippen LogP contribution in [0.25, 0.3) is 0 Å². The lowest BCUT2D eigenvalue weighted by Gasteiger charge is -2.27. The van der Waals surface area contributed by atoms with Gasteiger partial charge in [-0.25, -0.2) is 0 Å². The van der Waals surface area contributed by atoms with Gasteiger partial charge in [-0.1, -0.05) is 18.9 Å². The predicted molar refractivity (Wildman–Crippen MR) is 81.1 cm³/mol. The fourth-order valence-electron chi connectivity index (χ4n) is 3.06. The summed E-state index contributed by atoms with van der Waals surface area (Å²) in [4.78, 5) is 13.8. The van der Waals surface area contributed by atoms with Crippen molar-refractivity contribution in [3.05, 3.63) is 46.5 Å². The lowest BCUT2D eigenvalue weighted by atomic mass is 9.83. The molecular formula is C16H19NO3S. The lowest BCUT2D eigenvalue weighted by Crippen LogP contribution is -2.43. The van der Waals surface area contributed by atoms with E-state index in [0.29, 0.717) is 5.56 Å². The molecule has 0 radical (unpaired) electrons. The number of carbonyl (C=O) groups excluding carboxylic acids is 1. The summed E-state index contributed by atoms with van der Waals surface area (Å²) in [5, 5.41) is 15.0. The van der Waals surface area contributed by atoms with E-state index in [1.807, 2.05) is 17.5 Å². The van der Waals surface area contributed by atoms with Crippen molar-refractivity contribution in [3.8, 4) is 0 Å². The van der Waals surface area contributed by atoms with Crippen LogP contribution in [0.2, 0.25) is 0 Å². The molecule has 3 rings (SSSR count). The number of aliphatic hydroxyl groups is 1. The molecule has 2 N–H and O–H groups in total. The van der Waals surface area contributed by atoms with E-state index in [-0.39, 0.29) is 12.5 Å². The van der Waals surface area contributed by atoms with Gasteiger partial charge in [-0.05, 0) is 30.4 Å². The van der Waals surface area contributed by atoms with Gasteiger partial charge in [-0.15, -0.1) is 11.3 Å². The third-order valence-electron chi connectivity index (χ3n) is 4.27. The Morgan fingerprint density at radius 2 is 2.24 bits per heavy atom. The Labute approximate surface area is 127 Å². The van der Waals surface area contributed by atoms with Crippen molar-refractivity contribution in [2.24, 2.45) is 0 Å². The minimum absolute atomic E-state index is 0.0324. The van der Waals surface area contributed by atoms with Gasteiger partial charge < -0.3 is 14.8 Å². The van der Waals surface area contributed by atoms with Crippen molar-refractivity contribution in [2.75, 3.05) is 6.54 Å². The van der Waals surface area contributed by atoms with Crippen molar-refractivity contribution in [3.63, 3.8) is 0 Å². The van der Waals surface area contributed by atoms with E-state index in [2.05, 4.69) is 5.32 Å². The Balaban J connectivity index is 1.68. The molecule has 2 heterocycles. The molecule has 0 aromatic carbocycles. The number of nitrogens with one attached hydrogen (secondary N) is 1. The van der Waals surface area contributed by atoms with Crippen molar-refractivity contribution in [2.45, 2.75) is 37.2 Å². The average molecular weight is 305 g/mol. The molecule has 5 heteroatoms. The molecule has 2 aromatic rings. The molecule has 1 fully saturated rings. The van der Waals surface area contributed by atoms with E-state index in [0.717, 1.165) is 30.6 Å². The van der Waals surface area contributed by atoms with Crippen molar-refractivity contribution in [1.29, 1.82) is 0 Å². The summed E-state index contributed by atoms with van der Waals surface area (Å²) in [6.07, 6.45) is 6.23. The number of carbonyl (C=O) groups is 1. The first-order valence-corrected chi connectivity index (χ1v) is 8.13. The van der Waals surface area contributed by atoms with Gasteiger partial charge >= 0.3 is 0 Å². The van der Waals surface area contributed by atoms with Crippen LogP contribution >= 0.6 is 11.3 Å². The Hall–Kier alpha value is -1.59. The monoisotopic (exact) mass is 305 g/mol. The summed E-state index contributed by atoms with van der Waals surface area (Å²) in [6, 6.07) is 5.75. The fourth-order valence-corrected chi connectivity index (χ4v) is 4.04. The molecule has 2 aromatic heterocycles. The summed E-state index contributed by atoms with van der Waals surface area (Å²) >= 11 is 1.64. The zero-order valence-corrected chi connectivity index (χ0v) is 12.6. The van der Waals surface area contributed by atoms with Gasteiger partial charge in [0.05, 0.1) is 24.0 Å². The molecule has 1 aliphatic carbocycles. The summed E-state index contributed by atoms with van der Waals surface area (Å²) in [7, 11) is 0.